The second-order valence-corrected chi connectivity index (χ2v) is 8.01. The SMILES string of the molecule is COc1cc(NC(=O)c2ccccc2)c(OC)cc1NC(=O)C1=NN(Cc2ccccc2)C(=O)CC1. The van der Waals surface area contributed by atoms with Crippen LogP contribution >= 0.6 is 0 Å². The lowest BCUT2D eigenvalue weighted by Gasteiger charge is -2.23. The molecule has 9 nitrogen and oxygen atoms in total. The minimum absolute atomic E-state index is 0.145. The molecular formula is C27H26N4O5. The van der Waals surface area contributed by atoms with Crippen molar-refractivity contribution in [2.45, 2.75) is 19.4 Å². The van der Waals surface area contributed by atoms with Crippen LogP contribution in [0.1, 0.15) is 28.8 Å². The highest BCUT2D eigenvalue weighted by Crippen LogP contribution is 2.37. The van der Waals surface area contributed by atoms with Gasteiger partial charge in [0.2, 0.25) is 5.91 Å². The molecule has 3 amide bonds. The van der Waals surface area contributed by atoms with E-state index in [0.29, 0.717) is 28.4 Å². The average molecular weight is 487 g/mol. The van der Waals surface area contributed by atoms with Crippen LogP contribution in [0.25, 0.3) is 0 Å². The number of carbonyl (C=O) groups excluding carboxylic acids is 3. The highest BCUT2D eigenvalue weighted by molar-refractivity contribution is 6.43. The Morgan fingerprint density at radius 2 is 1.39 bits per heavy atom. The number of carbonyl (C=O) groups is 3. The van der Waals surface area contributed by atoms with Gasteiger partial charge in [-0.2, -0.15) is 5.10 Å². The number of hydrogen-bond acceptors (Lipinski definition) is 6. The molecule has 0 saturated heterocycles. The zero-order chi connectivity index (χ0) is 25.5. The first kappa shape index (κ1) is 24.5. The number of ether oxygens (including phenoxy) is 2. The van der Waals surface area contributed by atoms with Gasteiger partial charge in [0.25, 0.3) is 11.8 Å². The molecule has 1 heterocycles. The summed E-state index contributed by atoms with van der Waals surface area (Å²) in [5.74, 6) is -0.259. The summed E-state index contributed by atoms with van der Waals surface area (Å²) < 4.78 is 10.9. The molecule has 184 valence electrons. The van der Waals surface area contributed by atoms with Gasteiger partial charge in [-0.3, -0.25) is 14.4 Å². The van der Waals surface area contributed by atoms with Gasteiger partial charge < -0.3 is 20.1 Å². The summed E-state index contributed by atoms with van der Waals surface area (Å²) in [6.07, 6.45) is 0.407. The molecular weight excluding hydrogens is 460 g/mol. The Labute approximate surface area is 208 Å². The molecule has 4 rings (SSSR count). The van der Waals surface area contributed by atoms with Gasteiger partial charge in [-0.05, 0) is 17.7 Å². The fourth-order valence-electron chi connectivity index (χ4n) is 3.72. The van der Waals surface area contributed by atoms with Gasteiger partial charge in [-0.1, -0.05) is 48.5 Å². The maximum Gasteiger partial charge on any atom is 0.271 e. The largest absolute Gasteiger partial charge is 0.494 e. The van der Waals surface area contributed by atoms with E-state index in [-0.39, 0.29) is 36.9 Å². The van der Waals surface area contributed by atoms with E-state index in [1.807, 2.05) is 36.4 Å². The first-order chi connectivity index (χ1) is 17.5. The summed E-state index contributed by atoms with van der Waals surface area (Å²) in [6, 6.07) is 21.3. The summed E-state index contributed by atoms with van der Waals surface area (Å²) in [5, 5.41) is 11.2. The third-order valence-corrected chi connectivity index (χ3v) is 5.60. The molecule has 0 saturated carbocycles. The number of benzene rings is 3. The second kappa shape index (κ2) is 11.2. The predicted octanol–water partition coefficient (Wildman–Crippen LogP) is 4.07. The maximum atomic E-state index is 13.0. The Morgan fingerprint density at radius 3 is 1.97 bits per heavy atom. The number of amides is 3. The van der Waals surface area contributed by atoms with Gasteiger partial charge >= 0.3 is 0 Å². The van der Waals surface area contributed by atoms with Crippen molar-refractivity contribution < 1.29 is 23.9 Å². The molecule has 2 N–H and O–H groups in total. The fourth-order valence-corrected chi connectivity index (χ4v) is 3.72. The Hall–Kier alpha value is -4.66. The van der Waals surface area contributed by atoms with Crippen LogP contribution in [-0.2, 0) is 16.1 Å². The zero-order valence-corrected chi connectivity index (χ0v) is 20.0. The van der Waals surface area contributed by atoms with Gasteiger partial charge in [0.1, 0.15) is 17.2 Å². The standard InChI is InChI=1S/C27H26N4O5/c1-35-23-16-22(24(36-2)15-21(23)28-26(33)19-11-7-4-8-12-19)29-27(34)20-13-14-25(32)31(30-20)17-18-9-5-3-6-10-18/h3-12,15-16H,13-14,17H2,1-2H3,(H,28,33)(H,29,34). The summed E-state index contributed by atoms with van der Waals surface area (Å²) in [6.45, 7) is 0.281. The third-order valence-electron chi connectivity index (χ3n) is 5.60. The van der Waals surface area contributed by atoms with E-state index in [2.05, 4.69) is 15.7 Å². The number of rotatable bonds is 8. The zero-order valence-electron chi connectivity index (χ0n) is 20.0. The summed E-state index contributed by atoms with van der Waals surface area (Å²) in [5.41, 5.74) is 2.35. The van der Waals surface area contributed by atoms with Crippen LogP contribution in [-0.4, -0.2) is 42.7 Å². The average Bonchev–Trinajstić information content (AvgIpc) is 2.91. The molecule has 0 aliphatic carbocycles. The highest BCUT2D eigenvalue weighted by atomic mass is 16.5. The van der Waals surface area contributed by atoms with E-state index < -0.39 is 5.91 Å². The Morgan fingerprint density at radius 1 is 0.833 bits per heavy atom. The van der Waals surface area contributed by atoms with Gasteiger partial charge in [0.05, 0.1) is 32.1 Å². The fraction of sp³-hybridized carbons (Fsp3) is 0.185. The topological polar surface area (TPSA) is 109 Å². The lowest BCUT2D eigenvalue weighted by atomic mass is 10.1. The van der Waals surface area contributed by atoms with Crippen LogP contribution in [0.4, 0.5) is 11.4 Å². The highest BCUT2D eigenvalue weighted by Gasteiger charge is 2.26. The number of hydrazone groups is 1. The van der Waals surface area contributed by atoms with Crippen LogP contribution in [0.2, 0.25) is 0 Å². The van der Waals surface area contributed by atoms with E-state index in [0.717, 1.165) is 5.56 Å². The summed E-state index contributed by atoms with van der Waals surface area (Å²) >= 11 is 0. The third kappa shape index (κ3) is 5.69. The Bertz CT molecular complexity index is 1290. The van der Waals surface area contributed by atoms with Gasteiger partial charge in [0, 0.05) is 30.5 Å². The van der Waals surface area contributed by atoms with Crippen LogP contribution < -0.4 is 20.1 Å². The van der Waals surface area contributed by atoms with Crippen molar-refractivity contribution in [2.24, 2.45) is 5.10 Å². The van der Waals surface area contributed by atoms with Crippen molar-refractivity contribution in [3.63, 3.8) is 0 Å². The molecule has 0 bridgehead atoms. The Kier molecular flexibility index (Phi) is 7.60. The van der Waals surface area contributed by atoms with Crippen molar-refractivity contribution >= 4 is 34.8 Å². The smallest absolute Gasteiger partial charge is 0.271 e. The molecule has 1 aliphatic heterocycles. The number of methoxy groups -OCH3 is 2. The molecule has 9 heteroatoms. The van der Waals surface area contributed by atoms with E-state index in [1.165, 1.54) is 19.2 Å². The lowest BCUT2D eigenvalue weighted by molar-refractivity contribution is -0.132. The van der Waals surface area contributed by atoms with Crippen LogP contribution in [0.5, 0.6) is 11.5 Å². The van der Waals surface area contributed by atoms with Crippen molar-refractivity contribution in [1.29, 1.82) is 0 Å². The molecule has 3 aromatic rings. The number of nitrogens with one attached hydrogen (secondary N) is 2. The molecule has 3 aromatic carbocycles. The van der Waals surface area contributed by atoms with Crippen LogP contribution in [0, 0.1) is 0 Å². The van der Waals surface area contributed by atoms with Gasteiger partial charge in [0.15, 0.2) is 0 Å². The number of nitrogens with zero attached hydrogens (tertiary/aromatic N) is 2. The second-order valence-electron chi connectivity index (χ2n) is 8.01. The normalized spacial score (nSPS) is 13.0. The van der Waals surface area contributed by atoms with E-state index in [9.17, 15) is 14.4 Å². The molecule has 0 unspecified atom stereocenters. The number of anilines is 2. The first-order valence-corrected chi connectivity index (χ1v) is 11.3. The molecule has 0 radical (unpaired) electrons. The number of hydrogen-bond donors (Lipinski definition) is 2. The van der Waals surface area contributed by atoms with Crippen molar-refractivity contribution in [1.82, 2.24) is 5.01 Å². The minimum atomic E-state index is -0.456. The molecule has 0 spiro atoms. The van der Waals surface area contributed by atoms with Crippen LogP contribution in [0.15, 0.2) is 77.9 Å². The van der Waals surface area contributed by atoms with Gasteiger partial charge in [-0.15, -0.1) is 0 Å². The van der Waals surface area contributed by atoms with Gasteiger partial charge in [-0.25, -0.2) is 5.01 Å². The Balaban J connectivity index is 1.53. The van der Waals surface area contributed by atoms with Crippen LogP contribution in [0.3, 0.4) is 0 Å². The summed E-state index contributed by atoms with van der Waals surface area (Å²) in [4.78, 5) is 38.0. The first-order valence-electron chi connectivity index (χ1n) is 11.3. The molecule has 0 fully saturated rings. The lowest BCUT2D eigenvalue weighted by Crippen LogP contribution is -2.36. The van der Waals surface area contributed by atoms with Crippen molar-refractivity contribution in [2.75, 3.05) is 24.9 Å². The monoisotopic (exact) mass is 486 g/mol. The summed E-state index contributed by atoms with van der Waals surface area (Å²) in [7, 11) is 2.92. The van der Waals surface area contributed by atoms with E-state index in [4.69, 9.17) is 9.47 Å². The quantitative estimate of drug-likeness (QED) is 0.499. The molecule has 1 aliphatic rings. The molecule has 0 aromatic heterocycles. The maximum absolute atomic E-state index is 13.0. The molecule has 36 heavy (non-hydrogen) atoms. The predicted molar refractivity (Wildman–Crippen MR) is 136 cm³/mol. The van der Waals surface area contributed by atoms with Crippen molar-refractivity contribution in [3.05, 3.63) is 83.9 Å². The molecule has 0 atom stereocenters. The minimum Gasteiger partial charge on any atom is -0.494 e. The van der Waals surface area contributed by atoms with Crippen molar-refractivity contribution in [3.8, 4) is 11.5 Å². The van der Waals surface area contributed by atoms with E-state index >= 15 is 0 Å². The van der Waals surface area contributed by atoms with E-state index in [1.54, 1.807) is 36.4 Å².